The minimum Gasteiger partial charge on any atom is -0.450 e. The summed E-state index contributed by atoms with van der Waals surface area (Å²) in [6, 6.07) is 5.83. The number of anilines is 1. The van der Waals surface area contributed by atoms with Gasteiger partial charge < -0.3 is 15.0 Å². The topological polar surface area (TPSA) is 63.1 Å². The fourth-order valence-electron chi connectivity index (χ4n) is 2.54. The zero-order valence-corrected chi connectivity index (χ0v) is 15.1. The number of hydrogen-bond donors (Lipinski definition) is 2. The number of quaternary nitrogens is 1. The van der Waals surface area contributed by atoms with Gasteiger partial charge in [-0.2, -0.15) is 0 Å². The molecule has 1 fully saturated rings. The van der Waals surface area contributed by atoms with Crippen LogP contribution in [-0.4, -0.2) is 56.2 Å². The van der Waals surface area contributed by atoms with E-state index in [2.05, 4.69) is 21.2 Å². The first-order chi connectivity index (χ1) is 11.0. The van der Waals surface area contributed by atoms with Crippen molar-refractivity contribution in [1.29, 1.82) is 0 Å². The van der Waals surface area contributed by atoms with E-state index in [9.17, 15) is 9.59 Å². The second-order valence-electron chi connectivity index (χ2n) is 5.64. The van der Waals surface area contributed by atoms with E-state index in [1.54, 1.807) is 11.8 Å². The van der Waals surface area contributed by atoms with E-state index in [1.165, 1.54) is 4.90 Å². The molecule has 1 heterocycles. The van der Waals surface area contributed by atoms with Crippen molar-refractivity contribution in [2.24, 2.45) is 0 Å². The number of ether oxygens (including phenoxy) is 1. The molecular weight excluding hydrogens is 362 g/mol. The lowest BCUT2D eigenvalue weighted by atomic mass is 10.2. The monoisotopic (exact) mass is 384 g/mol. The number of carbonyl (C=O) groups is 2. The van der Waals surface area contributed by atoms with Crippen LogP contribution in [0, 0.1) is 6.92 Å². The summed E-state index contributed by atoms with van der Waals surface area (Å²) < 4.78 is 5.88. The maximum atomic E-state index is 12.2. The molecule has 23 heavy (non-hydrogen) atoms. The van der Waals surface area contributed by atoms with Crippen molar-refractivity contribution in [2.45, 2.75) is 13.8 Å². The molecule has 7 heteroatoms. The lowest BCUT2D eigenvalue weighted by Gasteiger charge is -2.31. The number of rotatable bonds is 4. The number of benzene rings is 1. The molecule has 6 nitrogen and oxygen atoms in total. The second kappa shape index (κ2) is 8.31. The van der Waals surface area contributed by atoms with Crippen LogP contribution in [0.25, 0.3) is 0 Å². The summed E-state index contributed by atoms with van der Waals surface area (Å²) in [5.41, 5.74) is 1.92. The maximum Gasteiger partial charge on any atom is 0.410 e. The number of nitrogens with zero attached hydrogens (tertiary/aromatic N) is 1. The normalized spacial score (nSPS) is 15.3. The van der Waals surface area contributed by atoms with Gasteiger partial charge in [0.1, 0.15) is 0 Å². The average molecular weight is 385 g/mol. The van der Waals surface area contributed by atoms with Crippen LogP contribution in [0.3, 0.4) is 0 Å². The van der Waals surface area contributed by atoms with Crippen molar-refractivity contribution in [3.63, 3.8) is 0 Å². The Kier molecular flexibility index (Phi) is 6.41. The highest BCUT2D eigenvalue weighted by molar-refractivity contribution is 9.10. The Morgan fingerprint density at radius 3 is 2.65 bits per heavy atom. The van der Waals surface area contributed by atoms with Gasteiger partial charge >= 0.3 is 6.09 Å². The lowest BCUT2D eigenvalue weighted by molar-refractivity contribution is -0.895. The number of carbonyl (C=O) groups excluding carboxylic acids is 2. The minimum atomic E-state index is -0.264. The zero-order chi connectivity index (χ0) is 16.8. The smallest absolute Gasteiger partial charge is 0.410 e. The van der Waals surface area contributed by atoms with Gasteiger partial charge in [-0.1, -0.05) is 6.07 Å². The number of piperazine rings is 1. The molecule has 0 spiro atoms. The van der Waals surface area contributed by atoms with E-state index < -0.39 is 0 Å². The Bertz CT molecular complexity index is 572. The summed E-state index contributed by atoms with van der Waals surface area (Å²) in [7, 11) is 0. The van der Waals surface area contributed by atoms with Gasteiger partial charge in [0.05, 0.1) is 38.5 Å². The molecule has 1 aliphatic rings. The van der Waals surface area contributed by atoms with Crippen molar-refractivity contribution >= 4 is 33.6 Å². The Balaban J connectivity index is 1.79. The van der Waals surface area contributed by atoms with Crippen LogP contribution >= 0.6 is 15.9 Å². The van der Waals surface area contributed by atoms with Crippen LogP contribution in [0.5, 0.6) is 0 Å². The van der Waals surface area contributed by atoms with Crippen LogP contribution in [0.2, 0.25) is 0 Å². The predicted octanol–water partition coefficient (Wildman–Crippen LogP) is 1.05. The van der Waals surface area contributed by atoms with Gasteiger partial charge in [-0.25, -0.2) is 4.79 Å². The summed E-state index contributed by atoms with van der Waals surface area (Å²) in [6.07, 6.45) is -0.264. The molecule has 0 aromatic heterocycles. The quantitative estimate of drug-likeness (QED) is 0.815. The number of aryl methyl sites for hydroxylation is 1. The molecular formula is C16H23BrN3O3+. The molecule has 0 saturated carbocycles. The molecule has 0 radical (unpaired) electrons. The van der Waals surface area contributed by atoms with Gasteiger partial charge in [0.25, 0.3) is 5.91 Å². The van der Waals surface area contributed by atoms with Crippen molar-refractivity contribution in [3.05, 3.63) is 28.2 Å². The third-order valence-electron chi connectivity index (χ3n) is 3.81. The third-order valence-corrected chi connectivity index (χ3v) is 4.46. The van der Waals surface area contributed by atoms with E-state index >= 15 is 0 Å². The van der Waals surface area contributed by atoms with Gasteiger partial charge in [-0.05, 0) is 47.5 Å². The standard InChI is InChI=1S/C16H22BrN3O3/c1-3-23-16(22)20-8-6-19(7-9-20)11-15(21)18-14-5-4-12(2)10-13(14)17/h4-5,10H,3,6-9,11H2,1-2H3,(H,18,21)/p+1. The van der Waals surface area contributed by atoms with E-state index in [0.29, 0.717) is 26.2 Å². The highest BCUT2D eigenvalue weighted by Gasteiger charge is 2.25. The first-order valence-electron chi connectivity index (χ1n) is 7.81. The zero-order valence-electron chi connectivity index (χ0n) is 13.5. The first kappa shape index (κ1) is 17.7. The van der Waals surface area contributed by atoms with E-state index in [-0.39, 0.29) is 12.0 Å². The molecule has 1 aromatic carbocycles. The molecule has 0 bridgehead atoms. The largest absolute Gasteiger partial charge is 0.450 e. The van der Waals surface area contributed by atoms with Gasteiger partial charge in [-0.15, -0.1) is 0 Å². The summed E-state index contributed by atoms with van der Waals surface area (Å²) in [4.78, 5) is 26.7. The predicted molar refractivity (Wildman–Crippen MR) is 91.7 cm³/mol. The number of nitrogens with one attached hydrogen (secondary N) is 2. The summed E-state index contributed by atoms with van der Waals surface area (Å²) in [5.74, 6) is -0.0193. The number of amides is 2. The summed E-state index contributed by atoms with van der Waals surface area (Å²) in [6.45, 7) is 7.33. The van der Waals surface area contributed by atoms with E-state index in [0.717, 1.165) is 28.8 Å². The van der Waals surface area contributed by atoms with Crippen molar-refractivity contribution in [1.82, 2.24) is 4.90 Å². The molecule has 1 saturated heterocycles. The molecule has 0 unspecified atom stereocenters. The number of hydrogen-bond acceptors (Lipinski definition) is 3. The summed E-state index contributed by atoms with van der Waals surface area (Å²) >= 11 is 3.46. The van der Waals surface area contributed by atoms with Gasteiger partial charge in [-0.3, -0.25) is 9.69 Å². The van der Waals surface area contributed by atoms with E-state index in [4.69, 9.17) is 4.74 Å². The fourth-order valence-corrected chi connectivity index (χ4v) is 3.13. The first-order valence-corrected chi connectivity index (χ1v) is 8.60. The molecule has 0 aliphatic carbocycles. The lowest BCUT2D eigenvalue weighted by Crippen LogP contribution is -3.15. The van der Waals surface area contributed by atoms with Crippen LogP contribution in [0.1, 0.15) is 12.5 Å². The maximum absolute atomic E-state index is 12.2. The van der Waals surface area contributed by atoms with Gasteiger partial charge in [0, 0.05) is 4.47 Å². The average Bonchev–Trinajstić information content (AvgIpc) is 2.51. The Morgan fingerprint density at radius 2 is 2.04 bits per heavy atom. The molecule has 2 N–H and O–H groups in total. The van der Waals surface area contributed by atoms with Crippen molar-refractivity contribution < 1.29 is 19.2 Å². The molecule has 2 rings (SSSR count). The second-order valence-corrected chi connectivity index (χ2v) is 6.50. The molecule has 2 amide bonds. The minimum absolute atomic E-state index is 0.0193. The SMILES string of the molecule is CCOC(=O)N1CC[NH+](CC(=O)Nc2ccc(C)cc2Br)CC1. The van der Waals surface area contributed by atoms with Crippen LogP contribution in [0.4, 0.5) is 10.5 Å². The van der Waals surface area contributed by atoms with E-state index in [1.807, 2.05) is 25.1 Å². The molecule has 1 aliphatic heterocycles. The highest BCUT2D eigenvalue weighted by Crippen LogP contribution is 2.22. The van der Waals surface area contributed by atoms with Crippen LogP contribution in [0.15, 0.2) is 22.7 Å². The van der Waals surface area contributed by atoms with Crippen molar-refractivity contribution in [2.75, 3.05) is 44.6 Å². The highest BCUT2D eigenvalue weighted by atomic mass is 79.9. The van der Waals surface area contributed by atoms with Crippen LogP contribution < -0.4 is 10.2 Å². The van der Waals surface area contributed by atoms with Crippen LogP contribution in [-0.2, 0) is 9.53 Å². The fraction of sp³-hybridized carbons (Fsp3) is 0.500. The van der Waals surface area contributed by atoms with Gasteiger partial charge in [0.2, 0.25) is 0 Å². The number of halogens is 1. The van der Waals surface area contributed by atoms with Gasteiger partial charge in [0.15, 0.2) is 6.54 Å². The molecule has 0 atom stereocenters. The Morgan fingerprint density at radius 1 is 1.35 bits per heavy atom. The Hall–Kier alpha value is -1.60. The molecule has 1 aromatic rings. The third kappa shape index (κ3) is 5.21. The summed E-state index contributed by atoms with van der Waals surface area (Å²) in [5, 5.41) is 2.93. The Labute approximate surface area is 144 Å². The molecule has 126 valence electrons. The van der Waals surface area contributed by atoms with Crippen molar-refractivity contribution in [3.8, 4) is 0 Å².